The maximum Gasteiger partial charge on any atom is 0.0810 e. The fourth-order valence-electron chi connectivity index (χ4n) is 1.19. The highest BCUT2D eigenvalue weighted by atomic mass is 32.1. The first-order valence-electron chi connectivity index (χ1n) is 4.47. The topological polar surface area (TPSA) is 23.5 Å². The Morgan fingerprint density at radius 1 is 1.54 bits per heavy atom. The van der Waals surface area contributed by atoms with Gasteiger partial charge in [0.25, 0.3) is 0 Å². The normalized spacial score (nSPS) is 13.6. The molecule has 0 spiro atoms. The molecule has 0 aliphatic heterocycles. The molecule has 0 saturated carbocycles. The van der Waals surface area contributed by atoms with Crippen LogP contribution in [-0.4, -0.2) is 30.6 Å². The van der Waals surface area contributed by atoms with Crippen LogP contribution < -0.4 is 0 Å². The van der Waals surface area contributed by atoms with Crippen LogP contribution in [0.1, 0.15) is 23.0 Å². The molecule has 1 heterocycles. The lowest BCUT2D eigenvalue weighted by molar-refractivity contribution is 0.154. The van der Waals surface area contributed by atoms with Gasteiger partial charge in [-0.1, -0.05) is 0 Å². The molecule has 1 N–H and O–H groups in total. The van der Waals surface area contributed by atoms with Gasteiger partial charge in [-0.05, 0) is 44.4 Å². The van der Waals surface area contributed by atoms with Crippen LogP contribution in [0.15, 0.2) is 11.4 Å². The number of thiophene rings is 1. The van der Waals surface area contributed by atoms with Crippen LogP contribution >= 0.6 is 11.3 Å². The Bertz CT molecular complexity index is 257. The number of hydrogen-bond donors (Lipinski definition) is 1. The van der Waals surface area contributed by atoms with Gasteiger partial charge < -0.3 is 10.0 Å². The molecule has 0 amide bonds. The Morgan fingerprint density at radius 3 is 2.69 bits per heavy atom. The molecule has 0 aromatic carbocycles. The molecule has 1 atom stereocenters. The van der Waals surface area contributed by atoms with E-state index in [4.69, 9.17) is 0 Å². The van der Waals surface area contributed by atoms with Crippen LogP contribution in [0.4, 0.5) is 0 Å². The highest BCUT2D eigenvalue weighted by molar-refractivity contribution is 7.10. The van der Waals surface area contributed by atoms with Crippen molar-refractivity contribution in [3.05, 3.63) is 21.9 Å². The third kappa shape index (κ3) is 3.46. The van der Waals surface area contributed by atoms with E-state index in [0.717, 1.165) is 18.5 Å². The van der Waals surface area contributed by atoms with Gasteiger partial charge in [-0.2, -0.15) is 0 Å². The third-order valence-corrected chi connectivity index (χ3v) is 2.87. The van der Waals surface area contributed by atoms with E-state index in [-0.39, 0.29) is 6.10 Å². The highest BCUT2D eigenvalue weighted by Gasteiger charge is 2.08. The molecule has 0 bridgehead atoms. The molecule has 1 unspecified atom stereocenters. The molecule has 0 saturated heterocycles. The highest BCUT2D eigenvalue weighted by Crippen LogP contribution is 2.22. The van der Waals surface area contributed by atoms with E-state index in [1.807, 2.05) is 19.5 Å². The fourth-order valence-corrected chi connectivity index (χ4v) is 1.94. The van der Waals surface area contributed by atoms with Crippen LogP contribution in [-0.2, 0) is 0 Å². The Kier molecular flexibility index (Phi) is 3.90. The average molecular weight is 199 g/mol. The minimum absolute atomic E-state index is 0.299. The van der Waals surface area contributed by atoms with Crippen LogP contribution in [0, 0.1) is 6.92 Å². The van der Waals surface area contributed by atoms with Crippen molar-refractivity contribution in [2.75, 3.05) is 20.6 Å². The summed E-state index contributed by atoms with van der Waals surface area (Å²) in [6.07, 6.45) is 0.510. The summed E-state index contributed by atoms with van der Waals surface area (Å²) >= 11 is 1.69. The first kappa shape index (κ1) is 10.7. The van der Waals surface area contributed by atoms with Crippen LogP contribution in [0.3, 0.4) is 0 Å². The molecule has 74 valence electrons. The Hall–Kier alpha value is -0.380. The summed E-state index contributed by atoms with van der Waals surface area (Å²) in [6.45, 7) is 2.99. The van der Waals surface area contributed by atoms with Gasteiger partial charge in [0.2, 0.25) is 0 Å². The van der Waals surface area contributed by atoms with E-state index in [9.17, 15) is 5.11 Å². The zero-order valence-corrected chi connectivity index (χ0v) is 9.27. The van der Waals surface area contributed by atoms with Crippen molar-refractivity contribution >= 4 is 11.3 Å². The van der Waals surface area contributed by atoms with Gasteiger partial charge in [0.1, 0.15) is 0 Å². The van der Waals surface area contributed by atoms with E-state index >= 15 is 0 Å². The largest absolute Gasteiger partial charge is 0.388 e. The minimum Gasteiger partial charge on any atom is -0.388 e. The van der Waals surface area contributed by atoms with E-state index in [2.05, 4.69) is 17.9 Å². The van der Waals surface area contributed by atoms with Crippen LogP contribution in [0.2, 0.25) is 0 Å². The van der Waals surface area contributed by atoms with Gasteiger partial charge in [0.15, 0.2) is 0 Å². The quantitative estimate of drug-likeness (QED) is 0.802. The maximum atomic E-state index is 9.76. The van der Waals surface area contributed by atoms with E-state index in [0.29, 0.717) is 0 Å². The number of rotatable bonds is 4. The number of aliphatic hydroxyl groups is 1. The Morgan fingerprint density at radius 2 is 2.23 bits per heavy atom. The van der Waals surface area contributed by atoms with Crippen LogP contribution in [0.5, 0.6) is 0 Å². The van der Waals surface area contributed by atoms with E-state index in [1.54, 1.807) is 11.3 Å². The number of aliphatic hydroxyl groups excluding tert-OH is 1. The minimum atomic E-state index is -0.299. The molecule has 1 rings (SSSR count). The molecule has 1 aromatic rings. The standard InChI is InChI=1S/C10H17NOS/c1-8-6-9(7-13-8)10(12)4-5-11(2)3/h6-7,10,12H,4-5H2,1-3H3. The second kappa shape index (κ2) is 4.74. The summed E-state index contributed by atoms with van der Waals surface area (Å²) in [7, 11) is 4.04. The van der Waals surface area contributed by atoms with Gasteiger partial charge in [-0.15, -0.1) is 11.3 Å². The molecule has 3 heteroatoms. The van der Waals surface area contributed by atoms with Crippen molar-refractivity contribution in [2.45, 2.75) is 19.4 Å². The number of nitrogens with zero attached hydrogens (tertiary/aromatic N) is 1. The van der Waals surface area contributed by atoms with Crippen molar-refractivity contribution < 1.29 is 5.11 Å². The molecular formula is C10H17NOS. The van der Waals surface area contributed by atoms with Crippen molar-refractivity contribution in [2.24, 2.45) is 0 Å². The summed E-state index contributed by atoms with van der Waals surface area (Å²) in [5.41, 5.74) is 1.06. The summed E-state index contributed by atoms with van der Waals surface area (Å²) in [4.78, 5) is 3.35. The monoisotopic (exact) mass is 199 g/mol. The predicted octanol–water partition coefficient (Wildman–Crippen LogP) is 2.04. The predicted molar refractivity (Wildman–Crippen MR) is 57.2 cm³/mol. The Balaban J connectivity index is 2.44. The zero-order valence-electron chi connectivity index (χ0n) is 8.45. The molecule has 0 aliphatic rings. The number of aryl methyl sites for hydroxylation is 1. The van der Waals surface area contributed by atoms with Gasteiger partial charge in [-0.25, -0.2) is 0 Å². The average Bonchev–Trinajstić information content (AvgIpc) is 2.47. The Labute approximate surface area is 83.8 Å². The lowest BCUT2D eigenvalue weighted by atomic mass is 10.1. The van der Waals surface area contributed by atoms with Crippen molar-refractivity contribution in [3.8, 4) is 0 Å². The van der Waals surface area contributed by atoms with Crippen molar-refractivity contribution in [1.29, 1.82) is 0 Å². The lowest BCUT2D eigenvalue weighted by Gasteiger charge is -2.13. The molecule has 1 aromatic heterocycles. The summed E-state index contributed by atoms with van der Waals surface area (Å²) in [5, 5.41) is 11.8. The smallest absolute Gasteiger partial charge is 0.0810 e. The van der Waals surface area contributed by atoms with Gasteiger partial charge >= 0.3 is 0 Å². The van der Waals surface area contributed by atoms with Gasteiger partial charge in [-0.3, -0.25) is 0 Å². The molecule has 0 fully saturated rings. The summed E-state index contributed by atoms with van der Waals surface area (Å²) < 4.78 is 0. The lowest BCUT2D eigenvalue weighted by Crippen LogP contribution is -2.15. The van der Waals surface area contributed by atoms with E-state index in [1.165, 1.54) is 4.88 Å². The van der Waals surface area contributed by atoms with Gasteiger partial charge in [0, 0.05) is 11.4 Å². The number of hydrogen-bond acceptors (Lipinski definition) is 3. The SMILES string of the molecule is Cc1cc(C(O)CCN(C)C)cs1. The molecule has 13 heavy (non-hydrogen) atoms. The van der Waals surface area contributed by atoms with E-state index < -0.39 is 0 Å². The molecule has 2 nitrogen and oxygen atoms in total. The van der Waals surface area contributed by atoms with Crippen LogP contribution in [0.25, 0.3) is 0 Å². The molecular weight excluding hydrogens is 182 g/mol. The molecule has 0 radical (unpaired) electrons. The maximum absolute atomic E-state index is 9.76. The molecule has 0 aliphatic carbocycles. The van der Waals surface area contributed by atoms with Gasteiger partial charge in [0.05, 0.1) is 6.10 Å². The van der Waals surface area contributed by atoms with Crippen molar-refractivity contribution in [1.82, 2.24) is 4.90 Å². The van der Waals surface area contributed by atoms with Crippen molar-refractivity contribution in [3.63, 3.8) is 0 Å². The summed E-state index contributed by atoms with van der Waals surface area (Å²) in [5.74, 6) is 0. The fraction of sp³-hybridized carbons (Fsp3) is 0.600. The zero-order chi connectivity index (χ0) is 9.84. The first-order chi connectivity index (χ1) is 6.09. The summed E-state index contributed by atoms with van der Waals surface area (Å²) in [6, 6.07) is 2.06. The third-order valence-electron chi connectivity index (χ3n) is 1.99. The first-order valence-corrected chi connectivity index (χ1v) is 5.35. The second-order valence-corrected chi connectivity index (χ2v) is 4.71. The second-order valence-electron chi connectivity index (χ2n) is 3.60.